The van der Waals surface area contributed by atoms with E-state index in [0.717, 1.165) is 69.0 Å². The van der Waals surface area contributed by atoms with Gasteiger partial charge in [-0.1, -0.05) is 31.4 Å². The summed E-state index contributed by atoms with van der Waals surface area (Å²) in [5.74, 6) is 1.48. The molecular weight excluding hydrogens is 532 g/mol. The monoisotopic (exact) mass is 572 g/mol. The molecule has 0 unspecified atom stereocenters. The van der Waals surface area contributed by atoms with Crippen LogP contribution in [0.3, 0.4) is 0 Å². The van der Waals surface area contributed by atoms with E-state index in [9.17, 15) is 9.59 Å². The highest BCUT2D eigenvalue weighted by atomic mass is 16.5. The second-order valence-corrected chi connectivity index (χ2v) is 10.7. The molecule has 0 atom stereocenters. The molecule has 0 radical (unpaired) electrons. The first-order valence-electron chi connectivity index (χ1n) is 14.6. The molecule has 1 aliphatic heterocycles. The Morgan fingerprint density at radius 1 is 0.714 bits per heavy atom. The zero-order chi connectivity index (χ0) is 29.5. The van der Waals surface area contributed by atoms with Crippen LogP contribution in [0.5, 0.6) is 17.2 Å². The van der Waals surface area contributed by atoms with Gasteiger partial charge in [0.25, 0.3) is 11.8 Å². The van der Waals surface area contributed by atoms with Crippen LogP contribution in [0.4, 0.5) is 17.1 Å². The summed E-state index contributed by atoms with van der Waals surface area (Å²) in [7, 11) is 4.78. The van der Waals surface area contributed by atoms with Crippen molar-refractivity contribution in [2.24, 2.45) is 0 Å². The summed E-state index contributed by atoms with van der Waals surface area (Å²) in [5, 5.41) is 6.23. The third kappa shape index (κ3) is 6.73. The number of ether oxygens (including phenoxy) is 3. The molecule has 1 saturated heterocycles. The number of nitrogens with one attached hydrogen (secondary N) is 2. The molecule has 0 aromatic heterocycles. The summed E-state index contributed by atoms with van der Waals surface area (Å²) in [6.45, 7) is 3.08. The minimum Gasteiger partial charge on any atom is -0.497 e. The first-order chi connectivity index (χ1) is 20.5. The zero-order valence-electron chi connectivity index (χ0n) is 24.7. The quantitative estimate of drug-likeness (QED) is 0.357. The average molecular weight is 573 g/mol. The number of hydrogen-bond donors (Lipinski definition) is 2. The van der Waals surface area contributed by atoms with Crippen LogP contribution in [-0.4, -0.2) is 65.4 Å². The molecule has 1 heterocycles. The van der Waals surface area contributed by atoms with Gasteiger partial charge in [0, 0.05) is 55.2 Å². The Morgan fingerprint density at radius 3 is 2.00 bits per heavy atom. The van der Waals surface area contributed by atoms with E-state index < -0.39 is 0 Å². The lowest BCUT2D eigenvalue weighted by atomic mass is 9.95. The average Bonchev–Trinajstić information content (AvgIpc) is 3.05. The smallest absolute Gasteiger partial charge is 0.255 e. The second-order valence-electron chi connectivity index (χ2n) is 10.7. The van der Waals surface area contributed by atoms with Gasteiger partial charge in [0.2, 0.25) is 0 Å². The molecule has 0 bridgehead atoms. The fraction of sp³-hybridized carbons (Fsp3) is 0.394. The maximum atomic E-state index is 13.7. The van der Waals surface area contributed by atoms with E-state index >= 15 is 0 Å². The topological polar surface area (TPSA) is 92.4 Å². The van der Waals surface area contributed by atoms with Gasteiger partial charge in [-0.05, 0) is 55.3 Å². The summed E-state index contributed by atoms with van der Waals surface area (Å²) in [6.07, 6.45) is 5.45. The Labute approximate surface area is 247 Å². The second kappa shape index (κ2) is 13.5. The van der Waals surface area contributed by atoms with Gasteiger partial charge in [0.05, 0.1) is 32.6 Å². The number of carbonyl (C=O) groups excluding carboxylic acids is 2. The number of para-hydroxylation sites is 2. The number of benzene rings is 3. The zero-order valence-corrected chi connectivity index (χ0v) is 24.7. The number of nitrogens with zero attached hydrogens (tertiary/aromatic N) is 2. The van der Waals surface area contributed by atoms with E-state index in [1.165, 1.54) is 6.42 Å². The molecule has 9 heteroatoms. The maximum Gasteiger partial charge on any atom is 0.255 e. The van der Waals surface area contributed by atoms with E-state index in [1.54, 1.807) is 45.6 Å². The molecule has 2 amide bonds. The molecule has 2 N–H and O–H groups in total. The number of hydrogen-bond acceptors (Lipinski definition) is 7. The van der Waals surface area contributed by atoms with E-state index in [2.05, 4.69) is 26.5 Å². The normalized spacial score (nSPS) is 15.6. The third-order valence-corrected chi connectivity index (χ3v) is 8.10. The van der Waals surface area contributed by atoms with Crippen LogP contribution in [0.2, 0.25) is 0 Å². The fourth-order valence-corrected chi connectivity index (χ4v) is 5.80. The van der Waals surface area contributed by atoms with E-state index in [-0.39, 0.29) is 17.9 Å². The minimum absolute atomic E-state index is 0.108. The van der Waals surface area contributed by atoms with Crippen LogP contribution in [0, 0.1) is 0 Å². The van der Waals surface area contributed by atoms with Gasteiger partial charge >= 0.3 is 0 Å². The predicted molar refractivity (Wildman–Crippen MR) is 166 cm³/mol. The summed E-state index contributed by atoms with van der Waals surface area (Å²) in [5.41, 5.74) is 3.45. The van der Waals surface area contributed by atoms with Crippen molar-refractivity contribution < 1.29 is 23.8 Å². The van der Waals surface area contributed by atoms with Crippen LogP contribution in [0.25, 0.3) is 0 Å². The lowest BCUT2D eigenvalue weighted by Gasteiger charge is -2.38. The Balaban J connectivity index is 1.37. The highest BCUT2D eigenvalue weighted by molar-refractivity contribution is 6.07. The molecule has 5 rings (SSSR count). The molecule has 1 aliphatic carbocycles. The van der Waals surface area contributed by atoms with Gasteiger partial charge in [-0.3, -0.25) is 9.59 Å². The molecule has 9 nitrogen and oxygen atoms in total. The van der Waals surface area contributed by atoms with Crippen molar-refractivity contribution in [1.82, 2.24) is 5.32 Å². The third-order valence-electron chi connectivity index (χ3n) is 8.10. The van der Waals surface area contributed by atoms with Gasteiger partial charge in [0.15, 0.2) is 0 Å². The molecule has 2 aliphatic rings. The summed E-state index contributed by atoms with van der Waals surface area (Å²) in [6, 6.07) is 18.8. The van der Waals surface area contributed by atoms with Gasteiger partial charge in [0.1, 0.15) is 17.2 Å². The van der Waals surface area contributed by atoms with Crippen molar-refractivity contribution in [1.29, 1.82) is 0 Å². The van der Waals surface area contributed by atoms with Crippen molar-refractivity contribution in [2.75, 3.05) is 62.6 Å². The lowest BCUT2D eigenvalue weighted by Crippen LogP contribution is -2.47. The molecule has 1 saturated carbocycles. The first kappa shape index (κ1) is 29.1. The van der Waals surface area contributed by atoms with Crippen LogP contribution < -0.4 is 34.6 Å². The van der Waals surface area contributed by atoms with Crippen molar-refractivity contribution in [2.45, 2.75) is 38.1 Å². The minimum atomic E-state index is -0.316. The SMILES string of the molecule is COc1cc(OC)cc(C(=O)Nc2ccc(N3CCN(c4ccccc4OC)CC3)c(C(=O)NC3CCCCC3)c2)c1. The van der Waals surface area contributed by atoms with Gasteiger partial charge in [-0.15, -0.1) is 0 Å². The molecule has 2 fully saturated rings. The molecular formula is C33H40N4O5. The van der Waals surface area contributed by atoms with Gasteiger partial charge in [-0.2, -0.15) is 0 Å². The summed E-state index contributed by atoms with van der Waals surface area (Å²) in [4.78, 5) is 31.5. The summed E-state index contributed by atoms with van der Waals surface area (Å²) < 4.78 is 16.2. The largest absolute Gasteiger partial charge is 0.497 e. The number of rotatable bonds is 9. The molecule has 0 spiro atoms. The van der Waals surface area contributed by atoms with E-state index in [0.29, 0.717) is 28.3 Å². The highest BCUT2D eigenvalue weighted by Crippen LogP contribution is 2.32. The van der Waals surface area contributed by atoms with Gasteiger partial charge in [-0.25, -0.2) is 0 Å². The van der Waals surface area contributed by atoms with Crippen LogP contribution in [0.15, 0.2) is 60.7 Å². The first-order valence-corrected chi connectivity index (χ1v) is 14.6. The van der Waals surface area contributed by atoms with Gasteiger partial charge < -0.3 is 34.6 Å². The highest BCUT2D eigenvalue weighted by Gasteiger charge is 2.25. The standard InChI is InChI=1S/C33H40N4O5/c1-40-26-19-23(20-27(22-26)41-2)32(38)35-25-13-14-29(28(21-25)33(39)34-24-9-5-4-6-10-24)36-15-17-37(18-16-36)30-11-7-8-12-31(30)42-3/h7-8,11-14,19-22,24H,4-6,9-10,15-18H2,1-3H3,(H,34,39)(H,35,38). The maximum absolute atomic E-state index is 13.7. The Hall–Kier alpha value is -4.40. The van der Waals surface area contributed by atoms with Crippen molar-refractivity contribution in [3.8, 4) is 17.2 Å². The van der Waals surface area contributed by atoms with E-state index in [4.69, 9.17) is 14.2 Å². The van der Waals surface area contributed by atoms with Crippen LogP contribution in [-0.2, 0) is 0 Å². The number of carbonyl (C=O) groups is 2. The predicted octanol–water partition coefficient (Wildman–Crippen LogP) is 5.35. The number of methoxy groups -OCH3 is 3. The van der Waals surface area contributed by atoms with E-state index in [1.807, 2.05) is 30.3 Å². The number of anilines is 3. The van der Waals surface area contributed by atoms with Crippen LogP contribution in [0.1, 0.15) is 52.8 Å². The molecule has 3 aromatic carbocycles. The van der Waals surface area contributed by atoms with Crippen LogP contribution >= 0.6 is 0 Å². The molecule has 42 heavy (non-hydrogen) atoms. The summed E-state index contributed by atoms with van der Waals surface area (Å²) >= 11 is 0. The van der Waals surface area contributed by atoms with Crippen molar-refractivity contribution in [3.05, 3.63) is 71.8 Å². The van der Waals surface area contributed by atoms with Crippen molar-refractivity contribution in [3.63, 3.8) is 0 Å². The molecule has 222 valence electrons. The van der Waals surface area contributed by atoms with Crippen molar-refractivity contribution >= 4 is 28.9 Å². The Morgan fingerprint density at radius 2 is 1.36 bits per heavy atom. The molecule has 3 aromatic rings. The lowest BCUT2D eigenvalue weighted by molar-refractivity contribution is 0.0927. The number of piperazine rings is 1. The fourth-order valence-electron chi connectivity index (χ4n) is 5.80. The Bertz CT molecular complexity index is 1370. The Kier molecular flexibility index (Phi) is 9.36. The number of amides is 2.